The van der Waals surface area contributed by atoms with Gasteiger partial charge in [-0.3, -0.25) is 4.79 Å². The van der Waals surface area contributed by atoms with E-state index in [0.717, 1.165) is 6.42 Å². The second kappa shape index (κ2) is 4.94. The molecular formula is C11H24N2O2. The van der Waals surface area contributed by atoms with Gasteiger partial charge in [-0.2, -0.15) is 0 Å². The Hall–Kier alpha value is -0.610. The van der Waals surface area contributed by atoms with E-state index >= 15 is 0 Å². The summed E-state index contributed by atoms with van der Waals surface area (Å²) in [5.74, 6) is -0.118. The fourth-order valence-electron chi connectivity index (χ4n) is 1.60. The largest absolute Gasteiger partial charge is 0.468 e. The minimum Gasteiger partial charge on any atom is -0.468 e. The number of hydrogen-bond acceptors (Lipinski definition) is 4. The molecule has 0 rings (SSSR count). The van der Waals surface area contributed by atoms with Crippen LogP contribution in [0, 0.1) is 11.3 Å². The van der Waals surface area contributed by atoms with Gasteiger partial charge in [-0.05, 0) is 31.2 Å². The Bertz CT molecular complexity index is 225. The summed E-state index contributed by atoms with van der Waals surface area (Å²) in [5.41, 5.74) is 10.2. The van der Waals surface area contributed by atoms with Crippen LogP contribution in [0.1, 0.15) is 34.1 Å². The Balaban J connectivity index is 4.90. The van der Waals surface area contributed by atoms with Gasteiger partial charge in [0.2, 0.25) is 0 Å². The lowest BCUT2D eigenvalue weighted by molar-refractivity contribution is -0.152. The zero-order chi connectivity index (χ0) is 12.3. The molecule has 0 fully saturated rings. The predicted molar refractivity (Wildman–Crippen MR) is 61.2 cm³/mol. The fourth-order valence-corrected chi connectivity index (χ4v) is 1.60. The molecule has 0 aromatic rings. The lowest BCUT2D eigenvalue weighted by atomic mass is 9.65. The Morgan fingerprint density at radius 2 is 1.87 bits per heavy atom. The number of esters is 1. The third-order valence-corrected chi connectivity index (χ3v) is 3.78. The number of nitrogens with two attached hydrogens (primary N) is 2. The Morgan fingerprint density at radius 1 is 1.40 bits per heavy atom. The molecule has 0 saturated carbocycles. The Labute approximate surface area is 92.3 Å². The van der Waals surface area contributed by atoms with Crippen molar-refractivity contribution in [2.24, 2.45) is 22.8 Å². The normalized spacial score (nSPS) is 18.1. The molecule has 0 radical (unpaired) electrons. The molecule has 90 valence electrons. The van der Waals surface area contributed by atoms with E-state index in [1.54, 1.807) is 6.92 Å². The second-order valence-electron chi connectivity index (χ2n) is 4.89. The molecule has 0 amide bonds. The third-order valence-electron chi connectivity index (χ3n) is 3.78. The molecule has 4 heteroatoms. The van der Waals surface area contributed by atoms with Gasteiger partial charge in [0.05, 0.1) is 7.11 Å². The molecule has 2 atom stereocenters. The van der Waals surface area contributed by atoms with Gasteiger partial charge in [0.25, 0.3) is 0 Å². The molecule has 0 saturated heterocycles. The Morgan fingerprint density at radius 3 is 2.20 bits per heavy atom. The number of carbonyl (C=O) groups excluding carboxylic acids is 1. The molecule has 0 heterocycles. The van der Waals surface area contributed by atoms with Crippen molar-refractivity contribution in [1.29, 1.82) is 0 Å². The van der Waals surface area contributed by atoms with Crippen molar-refractivity contribution < 1.29 is 9.53 Å². The summed E-state index contributed by atoms with van der Waals surface area (Å²) in [4.78, 5) is 11.6. The highest BCUT2D eigenvalue weighted by Crippen LogP contribution is 2.38. The maximum atomic E-state index is 11.6. The number of rotatable bonds is 5. The van der Waals surface area contributed by atoms with Crippen molar-refractivity contribution in [3.05, 3.63) is 0 Å². The first kappa shape index (κ1) is 14.4. The lowest BCUT2D eigenvalue weighted by Gasteiger charge is -2.43. The summed E-state index contributed by atoms with van der Waals surface area (Å²) >= 11 is 0. The Kier molecular flexibility index (Phi) is 4.74. The topological polar surface area (TPSA) is 78.3 Å². The van der Waals surface area contributed by atoms with Gasteiger partial charge >= 0.3 is 5.97 Å². The van der Waals surface area contributed by atoms with E-state index in [1.807, 2.05) is 13.8 Å². The van der Waals surface area contributed by atoms with E-state index in [1.165, 1.54) is 7.11 Å². The standard InChI is InChI=1S/C11H24N2O2/c1-8(6-7-12)10(2,3)11(4,13)9(14)15-5/h8H,6-7,12-13H2,1-5H3. The fraction of sp³-hybridized carbons (Fsp3) is 0.909. The van der Waals surface area contributed by atoms with Crippen molar-refractivity contribution in [1.82, 2.24) is 0 Å². The van der Waals surface area contributed by atoms with E-state index in [9.17, 15) is 4.79 Å². The third kappa shape index (κ3) is 2.69. The van der Waals surface area contributed by atoms with Crippen LogP contribution in [0.15, 0.2) is 0 Å². The average molecular weight is 216 g/mol. The van der Waals surface area contributed by atoms with E-state index in [0.29, 0.717) is 6.54 Å². The van der Waals surface area contributed by atoms with E-state index in [-0.39, 0.29) is 17.3 Å². The first-order valence-electron chi connectivity index (χ1n) is 5.29. The quantitative estimate of drug-likeness (QED) is 0.669. The van der Waals surface area contributed by atoms with Crippen LogP contribution in [-0.4, -0.2) is 25.2 Å². The van der Waals surface area contributed by atoms with Crippen LogP contribution in [-0.2, 0) is 9.53 Å². The molecule has 0 aliphatic carbocycles. The van der Waals surface area contributed by atoms with Gasteiger partial charge in [-0.25, -0.2) is 0 Å². The molecule has 0 spiro atoms. The highest BCUT2D eigenvalue weighted by Gasteiger charge is 2.47. The number of hydrogen-bond donors (Lipinski definition) is 2. The van der Waals surface area contributed by atoms with Gasteiger partial charge in [0.1, 0.15) is 5.54 Å². The zero-order valence-corrected chi connectivity index (χ0v) is 10.5. The van der Waals surface area contributed by atoms with E-state index in [2.05, 4.69) is 6.92 Å². The minimum absolute atomic E-state index is 0.261. The molecule has 0 bridgehead atoms. The van der Waals surface area contributed by atoms with Gasteiger partial charge in [0, 0.05) is 0 Å². The van der Waals surface area contributed by atoms with Gasteiger partial charge in [-0.1, -0.05) is 20.8 Å². The molecule has 0 aromatic carbocycles. The van der Waals surface area contributed by atoms with E-state index < -0.39 is 5.54 Å². The summed E-state index contributed by atoms with van der Waals surface area (Å²) in [6.45, 7) is 8.32. The van der Waals surface area contributed by atoms with Crippen molar-refractivity contribution >= 4 is 5.97 Å². The molecule has 15 heavy (non-hydrogen) atoms. The summed E-state index contributed by atoms with van der Waals surface area (Å²) in [6.07, 6.45) is 0.844. The summed E-state index contributed by atoms with van der Waals surface area (Å²) in [6, 6.07) is 0. The van der Waals surface area contributed by atoms with Gasteiger partial charge in [-0.15, -0.1) is 0 Å². The summed E-state index contributed by atoms with van der Waals surface area (Å²) in [5, 5.41) is 0. The molecule has 4 N–H and O–H groups in total. The van der Waals surface area contributed by atoms with Crippen molar-refractivity contribution in [2.45, 2.75) is 39.7 Å². The van der Waals surface area contributed by atoms with Crippen LogP contribution in [0.3, 0.4) is 0 Å². The van der Waals surface area contributed by atoms with Crippen molar-refractivity contribution in [3.63, 3.8) is 0 Å². The number of methoxy groups -OCH3 is 1. The smallest absolute Gasteiger partial charge is 0.326 e. The predicted octanol–water partition coefficient (Wildman–Crippen LogP) is 0.888. The summed E-state index contributed by atoms with van der Waals surface area (Å²) < 4.78 is 4.73. The first-order valence-corrected chi connectivity index (χ1v) is 5.29. The van der Waals surface area contributed by atoms with Crippen LogP contribution in [0.4, 0.5) is 0 Å². The maximum Gasteiger partial charge on any atom is 0.326 e. The minimum atomic E-state index is -0.990. The molecule has 0 aromatic heterocycles. The molecule has 0 aliphatic rings. The first-order chi connectivity index (χ1) is 6.71. The van der Waals surface area contributed by atoms with Crippen LogP contribution >= 0.6 is 0 Å². The monoisotopic (exact) mass is 216 g/mol. The lowest BCUT2D eigenvalue weighted by Crippen LogP contribution is -2.59. The van der Waals surface area contributed by atoms with Crippen LogP contribution in [0.25, 0.3) is 0 Å². The highest BCUT2D eigenvalue weighted by molar-refractivity contribution is 5.81. The maximum absolute atomic E-state index is 11.6. The average Bonchev–Trinajstić information content (AvgIpc) is 2.16. The van der Waals surface area contributed by atoms with Crippen LogP contribution in [0.2, 0.25) is 0 Å². The molecule has 4 nitrogen and oxygen atoms in total. The van der Waals surface area contributed by atoms with E-state index in [4.69, 9.17) is 16.2 Å². The molecule has 0 aliphatic heterocycles. The van der Waals surface area contributed by atoms with Crippen LogP contribution in [0.5, 0.6) is 0 Å². The van der Waals surface area contributed by atoms with Gasteiger partial charge in [0.15, 0.2) is 0 Å². The summed E-state index contributed by atoms with van der Waals surface area (Å²) in [7, 11) is 1.36. The number of carbonyl (C=O) groups is 1. The zero-order valence-electron chi connectivity index (χ0n) is 10.5. The molecular weight excluding hydrogens is 192 g/mol. The van der Waals surface area contributed by atoms with Crippen molar-refractivity contribution in [2.75, 3.05) is 13.7 Å². The van der Waals surface area contributed by atoms with Gasteiger partial charge < -0.3 is 16.2 Å². The molecule has 2 unspecified atom stereocenters. The highest BCUT2D eigenvalue weighted by atomic mass is 16.5. The second-order valence-corrected chi connectivity index (χ2v) is 4.89. The SMILES string of the molecule is COC(=O)C(C)(N)C(C)(C)C(C)CCN. The number of ether oxygens (including phenoxy) is 1. The van der Waals surface area contributed by atoms with Crippen LogP contribution < -0.4 is 11.5 Å². The van der Waals surface area contributed by atoms with Crippen molar-refractivity contribution in [3.8, 4) is 0 Å².